The number of nitrogens with one attached hydrogen (secondary N) is 2. The Morgan fingerprint density at radius 3 is 2.11 bits per heavy atom. The average molecular weight is 412 g/mol. The Labute approximate surface area is 170 Å². The lowest BCUT2D eigenvalue weighted by Gasteiger charge is -2.16. The van der Waals surface area contributed by atoms with Crippen LogP contribution in [0.4, 0.5) is 5.69 Å². The number of hydrazine groups is 1. The third-order valence-electron chi connectivity index (χ3n) is 3.76. The lowest BCUT2D eigenvalue weighted by Crippen LogP contribution is -2.38. The molecule has 0 amide bonds. The first-order valence-corrected chi connectivity index (χ1v) is 10.4. The van der Waals surface area contributed by atoms with Crippen molar-refractivity contribution in [2.45, 2.75) is 0 Å². The van der Waals surface area contributed by atoms with Crippen LogP contribution >= 0.6 is 34.9 Å². The van der Waals surface area contributed by atoms with Crippen molar-refractivity contribution in [3.63, 3.8) is 0 Å². The minimum absolute atomic E-state index is 0.529. The van der Waals surface area contributed by atoms with Crippen molar-refractivity contribution in [2.24, 2.45) is 0 Å². The molecule has 27 heavy (non-hydrogen) atoms. The molecule has 0 unspecified atom stereocenters. The molecular formula is C19H17N5S3. The van der Waals surface area contributed by atoms with E-state index in [9.17, 15) is 0 Å². The number of rotatable bonds is 4. The summed E-state index contributed by atoms with van der Waals surface area (Å²) in [7, 11) is 3.78. The van der Waals surface area contributed by atoms with E-state index in [-0.39, 0.29) is 0 Å². The van der Waals surface area contributed by atoms with Gasteiger partial charge in [0.15, 0.2) is 5.11 Å². The van der Waals surface area contributed by atoms with Crippen LogP contribution in [-0.4, -0.2) is 34.2 Å². The normalized spacial score (nSPS) is 11.1. The minimum atomic E-state index is 0.529. The molecule has 0 atom stereocenters. The third kappa shape index (κ3) is 3.98. The quantitative estimate of drug-likeness (QED) is 0.370. The molecule has 0 saturated heterocycles. The molecule has 0 fully saturated rings. The van der Waals surface area contributed by atoms with E-state index in [1.807, 2.05) is 44.4 Å². The van der Waals surface area contributed by atoms with Crippen LogP contribution in [-0.2, 0) is 0 Å². The summed E-state index contributed by atoms with van der Waals surface area (Å²) in [4.78, 5) is 12.1. The van der Waals surface area contributed by atoms with E-state index in [0.29, 0.717) is 5.11 Å². The van der Waals surface area contributed by atoms with Crippen molar-refractivity contribution in [1.82, 2.24) is 20.4 Å². The van der Waals surface area contributed by atoms with Gasteiger partial charge in [0.1, 0.15) is 11.4 Å². The highest BCUT2D eigenvalue weighted by atomic mass is 32.1. The molecular weight excluding hydrogens is 394 g/mol. The lowest BCUT2D eigenvalue weighted by molar-refractivity contribution is 0.365. The van der Waals surface area contributed by atoms with Gasteiger partial charge in [-0.25, -0.2) is 15.0 Å². The third-order valence-corrected chi connectivity index (χ3v) is 5.70. The predicted molar refractivity (Wildman–Crippen MR) is 119 cm³/mol. The smallest absolute Gasteiger partial charge is 0.185 e. The number of anilines is 1. The summed E-state index contributed by atoms with van der Waals surface area (Å²) < 4.78 is 0. The fraction of sp³-hybridized carbons (Fsp3) is 0.105. The van der Waals surface area contributed by atoms with Crippen LogP contribution in [0.25, 0.3) is 32.2 Å². The largest absolute Gasteiger partial charge is 0.332 e. The molecule has 5 nitrogen and oxygen atoms in total. The molecule has 8 heteroatoms. The zero-order valence-corrected chi connectivity index (χ0v) is 17.2. The molecule has 0 spiro atoms. The summed E-state index contributed by atoms with van der Waals surface area (Å²) in [5.74, 6) is 0. The maximum absolute atomic E-state index is 5.30. The van der Waals surface area contributed by atoms with Gasteiger partial charge in [0.25, 0.3) is 0 Å². The van der Waals surface area contributed by atoms with Crippen molar-refractivity contribution in [3.8, 4) is 21.1 Å². The topological polar surface area (TPSA) is 53.1 Å². The molecule has 0 radical (unpaired) electrons. The maximum atomic E-state index is 5.30. The second-order valence-electron chi connectivity index (χ2n) is 6.04. The van der Waals surface area contributed by atoms with Gasteiger partial charge in [-0.15, -0.1) is 22.7 Å². The molecule has 0 aliphatic rings. The molecule has 1 aromatic carbocycles. The minimum Gasteiger partial charge on any atom is -0.332 e. The Morgan fingerprint density at radius 1 is 0.926 bits per heavy atom. The fourth-order valence-electron chi connectivity index (χ4n) is 2.66. The first-order chi connectivity index (χ1) is 13.1. The second kappa shape index (κ2) is 7.69. The van der Waals surface area contributed by atoms with Crippen molar-refractivity contribution < 1.29 is 0 Å². The van der Waals surface area contributed by atoms with Crippen LogP contribution in [0.15, 0.2) is 53.2 Å². The van der Waals surface area contributed by atoms with Crippen LogP contribution in [0.3, 0.4) is 0 Å². The van der Waals surface area contributed by atoms with Crippen LogP contribution in [0.1, 0.15) is 0 Å². The van der Waals surface area contributed by atoms with E-state index in [1.165, 1.54) is 0 Å². The highest BCUT2D eigenvalue weighted by Gasteiger charge is 2.15. The monoisotopic (exact) mass is 411 g/mol. The van der Waals surface area contributed by atoms with E-state index in [0.717, 1.165) is 37.9 Å². The second-order valence-corrected chi connectivity index (χ2v) is 8.34. The van der Waals surface area contributed by atoms with Crippen LogP contribution in [0, 0.1) is 0 Å². The molecule has 136 valence electrons. The van der Waals surface area contributed by atoms with E-state index in [4.69, 9.17) is 22.2 Å². The molecule has 4 rings (SSSR count). The van der Waals surface area contributed by atoms with E-state index in [2.05, 4.69) is 33.6 Å². The Bertz CT molecular complexity index is 1070. The van der Waals surface area contributed by atoms with Crippen molar-refractivity contribution in [2.75, 3.05) is 19.4 Å². The number of thiophene rings is 2. The summed E-state index contributed by atoms with van der Waals surface area (Å²) in [5.41, 5.74) is 7.41. The maximum Gasteiger partial charge on any atom is 0.185 e. The Hall–Kier alpha value is -2.39. The van der Waals surface area contributed by atoms with Gasteiger partial charge in [0, 0.05) is 19.8 Å². The molecule has 0 bridgehead atoms. The first kappa shape index (κ1) is 18.0. The van der Waals surface area contributed by atoms with Gasteiger partial charge in [-0.2, -0.15) is 0 Å². The number of hydrogen-bond donors (Lipinski definition) is 2. The Kier molecular flexibility index (Phi) is 5.13. The Morgan fingerprint density at radius 2 is 1.56 bits per heavy atom. The van der Waals surface area contributed by atoms with Crippen LogP contribution in [0.5, 0.6) is 0 Å². The van der Waals surface area contributed by atoms with Gasteiger partial charge in [0.2, 0.25) is 0 Å². The zero-order chi connectivity index (χ0) is 18.8. The highest BCUT2D eigenvalue weighted by Crippen LogP contribution is 2.35. The number of hydrogen-bond acceptors (Lipinski definition) is 6. The van der Waals surface area contributed by atoms with Gasteiger partial charge in [-0.3, -0.25) is 5.43 Å². The summed E-state index contributed by atoms with van der Waals surface area (Å²) in [5, 5.41) is 9.62. The molecule has 0 saturated carbocycles. The standard InChI is InChI=1S/C19H17N5S3/c1-24(2)23-19(25)20-12-7-8-13-14(11-12)22-18(16-6-4-10-27-16)17(21-13)15-5-3-9-26-15/h3-11H,1-2H3,(H2,20,23,25). The SMILES string of the molecule is CN(C)NC(=S)Nc1ccc2nc(-c3cccs3)c(-c3cccs3)nc2c1. The predicted octanol–water partition coefficient (Wildman–Crippen LogP) is 4.85. The molecule has 2 N–H and O–H groups in total. The van der Waals surface area contributed by atoms with Gasteiger partial charge in [0.05, 0.1) is 20.8 Å². The average Bonchev–Trinajstić information content (AvgIpc) is 3.33. The summed E-state index contributed by atoms with van der Waals surface area (Å²) in [6.07, 6.45) is 0. The van der Waals surface area contributed by atoms with Crippen molar-refractivity contribution >= 4 is 56.7 Å². The van der Waals surface area contributed by atoms with E-state index < -0.39 is 0 Å². The highest BCUT2D eigenvalue weighted by molar-refractivity contribution is 7.80. The van der Waals surface area contributed by atoms with Crippen molar-refractivity contribution in [3.05, 3.63) is 53.2 Å². The molecule has 4 aromatic rings. The summed E-state index contributed by atoms with van der Waals surface area (Å²) in [6, 6.07) is 14.1. The Balaban J connectivity index is 1.78. The van der Waals surface area contributed by atoms with Gasteiger partial charge < -0.3 is 5.32 Å². The summed E-state index contributed by atoms with van der Waals surface area (Å²) >= 11 is 8.64. The number of fused-ring (bicyclic) bond motifs is 1. The van der Waals surface area contributed by atoms with E-state index in [1.54, 1.807) is 27.7 Å². The fourth-order valence-corrected chi connectivity index (χ4v) is 4.39. The zero-order valence-electron chi connectivity index (χ0n) is 14.8. The number of nitrogens with zero attached hydrogens (tertiary/aromatic N) is 3. The first-order valence-electron chi connectivity index (χ1n) is 8.24. The molecule has 3 aromatic heterocycles. The molecule has 0 aliphatic carbocycles. The van der Waals surface area contributed by atoms with E-state index >= 15 is 0 Å². The van der Waals surface area contributed by atoms with Crippen LogP contribution in [0.2, 0.25) is 0 Å². The number of benzene rings is 1. The summed E-state index contributed by atoms with van der Waals surface area (Å²) in [6.45, 7) is 0. The molecule has 3 heterocycles. The van der Waals surface area contributed by atoms with Gasteiger partial charge in [-0.1, -0.05) is 12.1 Å². The van der Waals surface area contributed by atoms with Gasteiger partial charge in [-0.05, 0) is 53.3 Å². The lowest BCUT2D eigenvalue weighted by atomic mass is 10.2. The van der Waals surface area contributed by atoms with Crippen LogP contribution < -0.4 is 10.7 Å². The van der Waals surface area contributed by atoms with Crippen molar-refractivity contribution in [1.29, 1.82) is 0 Å². The molecule has 0 aliphatic heterocycles. The number of thiocarbonyl (C=S) groups is 1. The number of aromatic nitrogens is 2. The van der Waals surface area contributed by atoms with Gasteiger partial charge >= 0.3 is 0 Å².